The molecule has 0 radical (unpaired) electrons. The fraction of sp³-hybridized carbons (Fsp3) is 0.100. The molecule has 0 unspecified atom stereocenters. The molecule has 0 bridgehead atoms. The third-order valence-electron chi connectivity index (χ3n) is 3.47. The minimum Gasteiger partial charge on any atom is -0.459 e. The Morgan fingerprint density at radius 3 is 2.46 bits per heavy atom. The molecule has 1 heterocycles. The van der Waals surface area contributed by atoms with Crippen LogP contribution in [0.2, 0.25) is 0 Å². The van der Waals surface area contributed by atoms with Crippen LogP contribution < -0.4 is 10.1 Å². The maximum Gasteiger partial charge on any atom is 0.325 e. The van der Waals surface area contributed by atoms with E-state index in [0.29, 0.717) is 16.4 Å². The minimum atomic E-state index is -0.510. The number of nitrogens with one attached hydrogen (secondary N) is 1. The number of carbonyl (C=O) groups is 2. The molecule has 0 aliphatic heterocycles. The van der Waals surface area contributed by atoms with Crippen molar-refractivity contribution in [3.8, 4) is 11.5 Å². The molecule has 6 heteroatoms. The van der Waals surface area contributed by atoms with E-state index in [-0.39, 0.29) is 19.1 Å². The van der Waals surface area contributed by atoms with Crippen LogP contribution in [0.25, 0.3) is 0 Å². The number of rotatable bonds is 7. The van der Waals surface area contributed by atoms with E-state index in [1.165, 1.54) is 11.3 Å². The van der Waals surface area contributed by atoms with Crippen LogP contribution >= 0.6 is 11.3 Å². The molecule has 0 aliphatic rings. The lowest BCUT2D eigenvalue weighted by molar-refractivity contribution is -0.143. The molecular formula is C20H17NO4S. The van der Waals surface area contributed by atoms with Gasteiger partial charge in [-0.05, 0) is 29.6 Å². The number of ether oxygens (including phenoxy) is 2. The first-order valence-corrected chi connectivity index (χ1v) is 8.88. The molecule has 3 rings (SSSR count). The summed E-state index contributed by atoms with van der Waals surface area (Å²) in [6.07, 6.45) is 0. The number of amides is 1. The largest absolute Gasteiger partial charge is 0.459 e. The highest BCUT2D eigenvalue weighted by Gasteiger charge is 2.11. The van der Waals surface area contributed by atoms with E-state index in [2.05, 4.69) is 5.32 Å². The number of hydrogen-bond acceptors (Lipinski definition) is 5. The smallest absolute Gasteiger partial charge is 0.325 e. The van der Waals surface area contributed by atoms with Gasteiger partial charge in [-0.2, -0.15) is 0 Å². The van der Waals surface area contributed by atoms with E-state index in [1.807, 2.05) is 54.6 Å². The van der Waals surface area contributed by atoms with Gasteiger partial charge in [0, 0.05) is 5.56 Å². The summed E-state index contributed by atoms with van der Waals surface area (Å²) in [6.45, 7) is -0.116. The summed E-state index contributed by atoms with van der Waals surface area (Å²) in [5.74, 6) is 0.526. The number of carbonyl (C=O) groups excluding carboxylic acids is 2. The van der Waals surface area contributed by atoms with E-state index >= 15 is 0 Å². The summed E-state index contributed by atoms with van der Waals surface area (Å²) in [5.41, 5.74) is 0.745. The molecule has 132 valence electrons. The second-order valence-corrected chi connectivity index (χ2v) is 6.29. The Morgan fingerprint density at radius 2 is 1.69 bits per heavy atom. The second-order valence-electron chi connectivity index (χ2n) is 5.34. The predicted molar refractivity (Wildman–Crippen MR) is 99.4 cm³/mol. The average Bonchev–Trinajstić information content (AvgIpc) is 3.21. The molecule has 2 aromatic carbocycles. The van der Waals surface area contributed by atoms with E-state index in [4.69, 9.17) is 9.47 Å². The Bertz CT molecular complexity index is 863. The molecule has 3 aromatic rings. The van der Waals surface area contributed by atoms with Crippen LogP contribution in [0.5, 0.6) is 11.5 Å². The molecular weight excluding hydrogens is 350 g/mol. The van der Waals surface area contributed by atoms with Crippen molar-refractivity contribution in [1.29, 1.82) is 0 Å². The molecule has 1 aromatic heterocycles. The zero-order valence-electron chi connectivity index (χ0n) is 13.9. The van der Waals surface area contributed by atoms with Gasteiger partial charge in [0.2, 0.25) is 0 Å². The van der Waals surface area contributed by atoms with Gasteiger partial charge in [0.15, 0.2) is 0 Å². The van der Waals surface area contributed by atoms with E-state index in [0.717, 1.165) is 5.56 Å². The van der Waals surface area contributed by atoms with E-state index < -0.39 is 5.97 Å². The third-order valence-corrected chi connectivity index (χ3v) is 4.34. The van der Waals surface area contributed by atoms with Gasteiger partial charge in [-0.1, -0.05) is 42.5 Å². The van der Waals surface area contributed by atoms with Crippen molar-refractivity contribution >= 4 is 23.2 Å². The van der Waals surface area contributed by atoms with Crippen molar-refractivity contribution < 1.29 is 19.1 Å². The van der Waals surface area contributed by atoms with Crippen LogP contribution in [0, 0.1) is 0 Å². The van der Waals surface area contributed by atoms with Crippen LogP contribution in [0.15, 0.2) is 72.1 Å². The maximum atomic E-state index is 11.9. The molecule has 1 amide bonds. The molecule has 0 saturated heterocycles. The van der Waals surface area contributed by atoms with Crippen LogP contribution in [0.3, 0.4) is 0 Å². The van der Waals surface area contributed by atoms with Crippen LogP contribution in [-0.2, 0) is 16.1 Å². The molecule has 5 nitrogen and oxygen atoms in total. The fourth-order valence-electron chi connectivity index (χ4n) is 2.19. The Balaban J connectivity index is 1.53. The van der Waals surface area contributed by atoms with Gasteiger partial charge in [-0.15, -0.1) is 11.3 Å². The number of thiophene rings is 1. The minimum absolute atomic E-state index is 0.0662. The summed E-state index contributed by atoms with van der Waals surface area (Å²) in [4.78, 5) is 24.3. The molecule has 1 N–H and O–H groups in total. The lowest BCUT2D eigenvalue weighted by atomic mass is 10.2. The number of para-hydroxylation sites is 2. The van der Waals surface area contributed by atoms with Gasteiger partial charge >= 0.3 is 5.97 Å². The third kappa shape index (κ3) is 4.94. The van der Waals surface area contributed by atoms with Crippen molar-refractivity contribution in [2.75, 3.05) is 6.54 Å². The highest BCUT2D eigenvalue weighted by molar-refractivity contribution is 7.12. The summed E-state index contributed by atoms with van der Waals surface area (Å²) in [6, 6.07) is 20.2. The zero-order valence-corrected chi connectivity index (χ0v) is 14.7. The van der Waals surface area contributed by atoms with Crippen molar-refractivity contribution in [3.63, 3.8) is 0 Å². The summed E-state index contributed by atoms with van der Waals surface area (Å²) in [7, 11) is 0. The lowest BCUT2D eigenvalue weighted by Gasteiger charge is -2.11. The Kier molecular flexibility index (Phi) is 6.01. The van der Waals surface area contributed by atoms with Gasteiger partial charge in [0.25, 0.3) is 5.91 Å². The van der Waals surface area contributed by atoms with Crippen molar-refractivity contribution in [3.05, 3.63) is 82.6 Å². The van der Waals surface area contributed by atoms with Gasteiger partial charge < -0.3 is 14.8 Å². The summed E-state index contributed by atoms with van der Waals surface area (Å²) < 4.78 is 11.1. The normalized spacial score (nSPS) is 10.2. The SMILES string of the molecule is O=C(CNC(=O)c1cccs1)OCc1ccccc1Oc1ccccc1. The maximum absolute atomic E-state index is 11.9. The molecule has 26 heavy (non-hydrogen) atoms. The molecule has 0 spiro atoms. The average molecular weight is 367 g/mol. The monoisotopic (exact) mass is 367 g/mol. The highest BCUT2D eigenvalue weighted by atomic mass is 32.1. The number of benzene rings is 2. The Hall–Kier alpha value is -3.12. The molecule has 0 aliphatic carbocycles. The molecule has 0 saturated carbocycles. The lowest BCUT2D eigenvalue weighted by Crippen LogP contribution is -2.30. The van der Waals surface area contributed by atoms with Crippen LogP contribution in [0.1, 0.15) is 15.2 Å². The molecule has 0 fully saturated rings. The van der Waals surface area contributed by atoms with Crippen molar-refractivity contribution in [2.24, 2.45) is 0 Å². The van der Waals surface area contributed by atoms with Crippen molar-refractivity contribution in [2.45, 2.75) is 6.61 Å². The first-order chi connectivity index (χ1) is 12.7. The Labute approximate surface area is 155 Å². The Morgan fingerprint density at radius 1 is 0.923 bits per heavy atom. The fourth-order valence-corrected chi connectivity index (χ4v) is 2.83. The predicted octanol–water partition coefficient (Wildman–Crippen LogP) is 4.01. The first-order valence-electron chi connectivity index (χ1n) is 8.00. The van der Waals surface area contributed by atoms with Gasteiger partial charge in [-0.25, -0.2) is 0 Å². The van der Waals surface area contributed by atoms with Crippen molar-refractivity contribution in [1.82, 2.24) is 5.32 Å². The van der Waals surface area contributed by atoms with E-state index in [1.54, 1.807) is 17.5 Å². The van der Waals surface area contributed by atoms with Gasteiger partial charge in [0.05, 0.1) is 4.88 Å². The van der Waals surface area contributed by atoms with Crippen LogP contribution in [-0.4, -0.2) is 18.4 Å². The topological polar surface area (TPSA) is 64.6 Å². The highest BCUT2D eigenvalue weighted by Crippen LogP contribution is 2.25. The van der Waals surface area contributed by atoms with Crippen LogP contribution in [0.4, 0.5) is 0 Å². The number of hydrogen-bond donors (Lipinski definition) is 1. The summed E-state index contributed by atoms with van der Waals surface area (Å²) in [5, 5.41) is 4.34. The number of esters is 1. The zero-order chi connectivity index (χ0) is 18.2. The van der Waals surface area contributed by atoms with Gasteiger partial charge in [-0.3, -0.25) is 9.59 Å². The molecule has 0 atom stereocenters. The van der Waals surface area contributed by atoms with E-state index in [9.17, 15) is 9.59 Å². The first kappa shape index (κ1) is 17.7. The second kappa shape index (κ2) is 8.82. The van der Waals surface area contributed by atoms with Gasteiger partial charge in [0.1, 0.15) is 24.7 Å². The quantitative estimate of drug-likeness (QED) is 0.641. The standard InChI is InChI=1S/C20H17NO4S/c22-19(13-21-20(23)18-11-6-12-26-18)24-14-15-7-4-5-10-17(15)25-16-8-2-1-3-9-16/h1-12H,13-14H2,(H,21,23). The summed E-state index contributed by atoms with van der Waals surface area (Å²) >= 11 is 1.32.